The molecule has 7 heteroatoms. The molecule has 0 unspecified atom stereocenters. The Morgan fingerprint density at radius 3 is 2.44 bits per heavy atom. The molecule has 1 N–H and O–H groups in total. The number of nitrogens with zero attached hydrogens (tertiary/aromatic N) is 4. The van der Waals surface area contributed by atoms with Gasteiger partial charge in [0.05, 0.1) is 35.7 Å². The van der Waals surface area contributed by atoms with Gasteiger partial charge in [-0.2, -0.15) is 5.10 Å². The first-order valence-corrected chi connectivity index (χ1v) is 10.7. The molecule has 2 heterocycles. The minimum Gasteiger partial charge on any atom is -0.497 e. The highest BCUT2D eigenvalue weighted by atomic mass is 32.1. The summed E-state index contributed by atoms with van der Waals surface area (Å²) in [4.78, 5) is 9.47. The molecule has 0 aliphatic carbocycles. The third kappa shape index (κ3) is 4.02. The summed E-state index contributed by atoms with van der Waals surface area (Å²) in [6, 6.07) is 25.4. The van der Waals surface area contributed by atoms with E-state index in [1.807, 2.05) is 90.1 Å². The van der Waals surface area contributed by atoms with Crippen LogP contribution in [0, 0.1) is 0 Å². The maximum atomic E-state index is 5.75. The zero-order valence-electron chi connectivity index (χ0n) is 17.5. The normalized spacial score (nSPS) is 15.5. The number of methoxy groups -OCH3 is 1. The first kappa shape index (κ1) is 20.1. The van der Waals surface area contributed by atoms with Crippen molar-refractivity contribution in [2.24, 2.45) is 5.10 Å². The lowest BCUT2D eigenvalue weighted by atomic mass is 10.0. The maximum Gasteiger partial charge on any atom is 0.194 e. The molecule has 0 radical (unpaired) electrons. The lowest BCUT2D eigenvalue weighted by Gasteiger charge is -2.24. The van der Waals surface area contributed by atoms with Crippen molar-refractivity contribution < 1.29 is 4.74 Å². The first-order valence-electron chi connectivity index (χ1n) is 10.3. The van der Waals surface area contributed by atoms with Crippen molar-refractivity contribution in [3.8, 4) is 5.75 Å². The monoisotopic (exact) mass is 439 g/mol. The Labute approximate surface area is 191 Å². The Morgan fingerprint density at radius 2 is 1.69 bits per heavy atom. The summed E-state index contributed by atoms with van der Waals surface area (Å²) in [7, 11) is 1.66. The highest BCUT2D eigenvalue weighted by Gasteiger charge is 2.33. The number of aromatic nitrogens is 2. The van der Waals surface area contributed by atoms with E-state index in [-0.39, 0.29) is 6.04 Å². The van der Waals surface area contributed by atoms with E-state index in [0.717, 1.165) is 39.4 Å². The van der Waals surface area contributed by atoms with E-state index in [0.29, 0.717) is 11.5 Å². The zero-order valence-corrected chi connectivity index (χ0v) is 18.3. The van der Waals surface area contributed by atoms with E-state index in [1.54, 1.807) is 7.11 Å². The summed E-state index contributed by atoms with van der Waals surface area (Å²) in [5, 5.41) is 10.5. The predicted octanol–water partition coefficient (Wildman–Crippen LogP) is 5.19. The second-order valence-electron chi connectivity index (χ2n) is 7.42. The molecule has 158 valence electrons. The number of fused-ring (bicyclic) bond motifs is 1. The van der Waals surface area contributed by atoms with E-state index in [2.05, 4.69) is 10.3 Å². The van der Waals surface area contributed by atoms with E-state index in [4.69, 9.17) is 27.0 Å². The Morgan fingerprint density at radius 1 is 0.969 bits per heavy atom. The smallest absolute Gasteiger partial charge is 0.194 e. The number of hydrazone groups is 1. The van der Waals surface area contributed by atoms with Gasteiger partial charge in [0, 0.05) is 12.1 Å². The largest absolute Gasteiger partial charge is 0.497 e. The van der Waals surface area contributed by atoms with Crippen molar-refractivity contribution in [1.82, 2.24) is 15.0 Å². The average molecular weight is 440 g/mol. The molecule has 1 aliphatic heterocycles. The molecule has 5 rings (SSSR count). The van der Waals surface area contributed by atoms with Gasteiger partial charge in [0.25, 0.3) is 0 Å². The van der Waals surface area contributed by atoms with Gasteiger partial charge in [0.1, 0.15) is 11.8 Å². The predicted molar refractivity (Wildman–Crippen MR) is 131 cm³/mol. The van der Waals surface area contributed by atoms with Crippen LogP contribution in [-0.4, -0.2) is 32.9 Å². The molecule has 0 spiro atoms. The maximum absolute atomic E-state index is 5.75. The van der Waals surface area contributed by atoms with Crippen LogP contribution in [0.15, 0.2) is 90.2 Å². The standard InChI is InChI=1S/C25H21N5OS/c1-31-19-13-11-17(12-14-19)22-15-24(23-16-26-20-9-5-6-10-21(20)28-23)30(29-22)25(32)27-18-7-3-2-4-8-18/h2-14,16,24H,15H2,1H3,(H,27,32)/t24-/m0/s1. The molecule has 0 saturated heterocycles. The second kappa shape index (κ2) is 8.72. The van der Waals surface area contributed by atoms with E-state index in [1.165, 1.54) is 0 Å². The van der Waals surface area contributed by atoms with Crippen molar-refractivity contribution in [1.29, 1.82) is 0 Å². The molecular weight excluding hydrogens is 418 g/mol. The first-order chi connectivity index (χ1) is 15.7. The van der Waals surface area contributed by atoms with Gasteiger partial charge < -0.3 is 10.1 Å². The van der Waals surface area contributed by atoms with Crippen molar-refractivity contribution in [3.63, 3.8) is 0 Å². The van der Waals surface area contributed by atoms with Crippen LogP contribution in [0.25, 0.3) is 11.0 Å². The SMILES string of the molecule is COc1ccc(C2=NN(C(=S)Nc3ccccc3)[C@H](c3cnc4ccccc4n3)C2)cc1. The minimum absolute atomic E-state index is 0.159. The van der Waals surface area contributed by atoms with Crippen molar-refractivity contribution in [2.45, 2.75) is 12.5 Å². The quantitative estimate of drug-likeness (QED) is 0.442. The molecule has 0 amide bonds. The van der Waals surface area contributed by atoms with Gasteiger partial charge in [-0.1, -0.05) is 30.3 Å². The number of hydrogen-bond acceptors (Lipinski definition) is 5. The highest BCUT2D eigenvalue weighted by Crippen LogP contribution is 2.33. The van der Waals surface area contributed by atoms with Gasteiger partial charge in [-0.05, 0) is 66.3 Å². The third-order valence-electron chi connectivity index (χ3n) is 5.38. The number of thiocarbonyl (C=S) groups is 1. The van der Waals surface area contributed by atoms with Crippen LogP contribution in [0.3, 0.4) is 0 Å². The lowest BCUT2D eigenvalue weighted by molar-refractivity contribution is 0.368. The number of para-hydroxylation sites is 3. The Bertz CT molecular complexity index is 1290. The molecule has 0 saturated carbocycles. The highest BCUT2D eigenvalue weighted by molar-refractivity contribution is 7.80. The second-order valence-corrected chi connectivity index (χ2v) is 7.81. The van der Waals surface area contributed by atoms with Gasteiger partial charge in [0.2, 0.25) is 0 Å². The number of ether oxygens (including phenoxy) is 1. The van der Waals surface area contributed by atoms with Crippen LogP contribution < -0.4 is 10.1 Å². The van der Waals surface area contributed by atoms with E-state index >= 15 is 0 Å². The van der Waals surface area contributed by atoms with Crippen molar-refractivity contribution in [3.05, 3.63) is 96.3 Å². The average Bonchev–Trinajstić information content (AvgIpc) is 3.30. The van der Waals surface area contributed by atoms with E-state index < -0.39 is 0 Å². The summed E-state index contributed by atoms with van der Waals surface area (Å²) in [6.07, 6.45) is 2.48. The molecule has 3 aromatic carbocycles. The van der Waals surface area contributed by atoms with Gasteiger partial charge in [-0.3, -0.25) is 4.98 Å². The summed E-state index contributed by atoms with van der Waals surface area (Å²) >= 11 is 5.75. The van der Waals surface area contributed by atoms with Crippen LogP contribution in [0.2, 0.25) is 0 Å². The fourth-order valence-corrected chi connectivity index (χ4v) is 4.01. The molecule has 1 atom stereocenters. The van der Waals surface area contributed by atoms with Crippen LogP contribution in [0.5, 0.6) is 5.75 Å². The fourth-order valence-electron chi connectivity index (χ4n) is 3.72. The zero-order chi connectivity index (χ0) is 21.9. The van der Waals surface area contributed by atoms with Crippen LogP contribution in [-0.2, 0) is 0 Å². The van der Waals surface area contributed by atoms with Gasteiger partial charge in [-0.25, -0.2) is 9.99 Å². The third-order valence-corrected chi connectivity index (χ3v) is 5.66. The van der Waals surface area contributed by atoms with Crippen LogP contribution >= 0.6 is 12.2 Å². The minimum atomic E-state index is -0.159. The number of nitrogens with one attached hydrogen (secondary N) is 1. The Hall–Kier alpha value is -3.84. The molecular formula is C25H21N5OS. The number of hydrogen-bond donors (Lipinski definition) is 1. The van der Waals surface area contributed by atoms with Gasteiger partial charge in [0.15, 0.2) is 5.11 Å². The summed E-state index contributed by atoms with van der Waals surface area (Å²) in [5.41, 5.74) is 5.41. The fraction of sp³-hybridized carbons (Fsp3) is 0.120. The molecule has 1 aliphatic rings. The summed E-state index contributed by atoms with van der Waals surface area (Å²) in [6.45, 7) is 0. The van der Waals surface area contributed by atoms with Crippen molar-refractivity contribution in [2.75, 3.05) is 12.4 Å². The molecule has 0 fully saturated rings. The number of rotatable bonds is 4. The van der Waals surface area contributed by atoms with Crippen molar-refractivity contribution >= 4 is 39.8 Å². The molecule has 0 bridgehead atoms. The van der Waals surface area contributed by atoms with Gasteiger partial charge in [-0.15, -0.1) is 0 Å². The topological polar surface area (TPSA) is 62.6 Å². The number of benzene rings is 3. The molecule has 6 nitrogen and oxygen atoms in total. The molecule has 4 aromatic rings. The number of anilines is 1. The molecule has 1 aromatic heterocycles. The summed E-state index contributed by atoms with van der Waals surface area (Å²) in [5.74, 6) is 0.808. The summed E-state index contributed by atoms with van der Waals surface area (Å²) < 4.78 is 5.29. The van der Waals surface area contributed by atoms with Crippen LogP contribution in [0.1, 0.15) is 23.7 Å². The van der Waals surface area contributed by atoms with Gasteiger partial charge >= 0.3 is 0 Å². The molecule has 32 heavy (non-hydrogen) atoms. The lowest BCUT2D eigenvalue weighted by Crippen LogP contribution is -2.31. The Kier molecular flexibility index (Phi) is 5.47. The van der Waals surface area contributed by atoms with Crippen LogP contribution in [0.4, 0.5) is 5.69 Å². The Balaban J connectivity index is 1.50. The van der Waals surface area contributed by atoms with E-state index in [9.17, 15) is 0 Å².